The lowest BCUT2D eigenvalue weighted by atomic mass is 9.87. The van der Waals surface area contributed by atoms with Gasteiger partial charge in [-0.25, -0.2) is 0 Å². The first kappa shape index (κ1) is 12.0. The molecule has 0 spiro atoms. The van der Waals surface area contributed by atoms with Crippen LogP contribution in [0.1, 0.15) is 46.0 Å². The number of aliphatic hydroxyl groups excluding tert-OH is 1. The lowest BCUT2D eigenvalue weighted by Gasteiger charge is -2.33. The van der Waals surface area contributed by atoms with Crippen molar-refractivity contribution in [2.24, 2.45) is 5.92 Å². The Hall–Kier alpha value is -0.0800. The number of rotatable bonds is 4. The van der Waals surface area contributed by atoms with Crippen molar-refractivity contribution in [3.63, 3.8) is 0 Å². The van der Waals surface area contributed by atoms with E-state index in [1.54, 1.807) is 0 Å². The third kappa shape index (κ3) is 3.97. The van der Waals surface area contributed by atoms with Crippen molar-refractivity contribution in [2.75, 3.05) is 13.6 Å². The Kier molecular flexibility index (Phi) is 4.90. The molecule has 2 heteroatoms. The zero-order chi connectivity index (χ0) is 10.6. The molecule has 1 fully saturated rings. The molecule has 0 amide bonds. The Morgan fingerprint density at radius 3 is 2.36 bits per heavy atom. The Morgan fingerprint density at radius 1 is 1.29 bits per heavy atom. The molecule has 1 saturated carbocycles. The van der Waals surface area contributed by atoms with E-state index in [2.05, 4.69) is 18.9 Å². The Labute approximate surface area is 88.3 Å². The lowest BCUT2D eigenvalue weighted by molar-refractivity contribution is 0.128. The van der Waals surface area contributed by atoms with Crippen LogP contribution in [-0.2, 0) is 0 Å². The van der Waals surface area contributed by atoms with Crippen molar-refractivity contribution >= 4 is 0 Å². The van der Waals surface area contributed by atoms with Crippen LogP contribution >= 0.6 is 0 Å². The second-order valence-electron chi connectivity index (χ2n) is 5.03. The van der Waals surface area contributed by atoms with Crippen molar-refractivity contribution in [3.8, 4) is 0 Å². The summed E-state index contributed by atoms with van der Waals surface area (Å²) in [4.78, 5) is 2.43. The third-order valence-electron chi connectivity index (χ3n) is 3.51. The van der Waals surface area contributed by atoms with Gasteiger partial charge in [-0.2, -0.15) is 0 Å². The topological polar surface area (TPSA) is 23.5 Å². The summed E-state index contributed by atoms with van der Waals surface area (Å²) in [6.07, 6.45) is 6.20. The zero-order valence-electron chi connectivity index (χ0n) is 9.87. The van der Waals surface area contributed by atoms with Crippen LogP contribution in [0.15, 0.2) is 0 Å². The summed E-state index contributed by atoms with van der Waals surface area (Å²) >= 11 is 0. The number of hydrogen-bond donors (Lipinski definition) is 1. The van der Waals surface area contributed by atoms with Gasteiger partial charge in [0, 0.05) is 12.6 Å². The number of aliphatic hydroxyl groups is 1. The summed E-state index contributed by atoms with van der Waals surface area (Å²) in [6.45, 7) is 5.26. The Morgan fingerprint density at radius 2 is 1.86 bits per heavy atom. The summed E-state index contributed by atoms with van der Waals surface area (Å²) in [6, 6.07) is 0.768. The van der Waals surface area contributed by atoms with Gasteiger partial charge >= 0.3 is 0 Å². The lowest BCUT2D eigenvalue weighted by Crippen LogP contribution is -2.36. The van der Waals surface area contributed by atoms with Gasteiger partial charge in [-0.05, 0) is 52.0 Å². The molecule has 1 aliphatic carbocycles. The monoisotopic (exact) mass is 199 g/mol. The van der Waals surface area contributed by atoms with Crippen molar-refractivity contribution in [2.45, 2.75) is 58.1 Å². The maximum atomic E-state index is 9.22. The van der Waals surface area contributed by atoms with Crippen molar-refractivity contribution < 1.29 is 5.11 Å². The molecule has 0 saturated heterocycles. The highest BCUT2D eigenvalue weighted by molar-refractivity contribution is 4.76. The second-order valence-corrected chi connectivity index (χ2v) is 5.03. The summed E-state index contributed by atoms with van der Waals surface area (Å²) in [5.41, 5.74) is 0. The fourth-order valence-electron chi connectivity index (χ4n) is 2.26. The van der Waals surface area contributed by atoms with Crippen LogP contribution in [0.5, 0.6) is 0 Å². The van der Waals surface area contributed by atoms with Crippen LogP contribution in [0.3, 0.4) is 0 Å². The molecular weight excluding hydrogens is 174 g/mol. The van der Waals surface area contributed by atoms with Gasteiger partial charge in [-0.1, -0.05) is 6.92 Å². The smallest absolute Gasteiger partial charge is 0.0524 e. The summed E-state index contributed by atoms with van der Waals surface area (Å²) in [7, 11) is 2.20. The minimum Gasteiger partial charge on any atom is -0.393 e. The molecule has 0 aliphatic heterocycles. The van der Waals surface area contributed by atoms with Crippen LogP contribution in [0.2, 0.25) is 0 Å². The molecule has 1 rings (SSSR count). The van der Waals surface area contributed by atoms with Crippen LogP contribution in [0.25, 0.3) is 0 Å². The van der Waals surface area contributed by atoms with Gasteiger partial charge in [0.05, 0.1) is 6.10 Å². The van der Waals surface area contributed by atoms with Gasteiger partial charge in [0.25, 0.3) is 0 Å². The van der Waals surface area contributed by atoms with E-state index >= 15 is 0 Å². The molecule has 1 aliphatic rings. The van der Waals surface area contributed by atoms with Gasteiger partial charge in [0.1, 0.15) is 0 Å². The van der Waals surface area contributed by atoms with Crippen LogP contribution in [-0.4, -0.2) is 35.7 Å². The predicted octanol–water partition coefficient (Wildman–Crippen LogP) is 2.27. The highest BCUT2D eigenvalue weighted by Gasteiger charge is 2.21. The van der Waals surface area contributed by atoms with Crippen LogP contribution in [0.4, 0.5) is 0 Å². The molecule has 0 radical (unpaired) electrons. The minimum absolute atomic E-state index is 0.153. The first-order valence-corrected chi connectivity index (χ1v) is 5.98. The van der Waals surface area contributed by atoms with Crippen molar-refractivity contribution in [1.29, 1.82) is 0 Å². The van der Waals surface area contributed by atoms with E-state index in [1.807, 2.05) is 6.92 Å². The first-order chi connectivity index (χ1) is 6.59. The van der Waals surface area contributed by atoms with E-state index in [1.165, 1.54) is 25.7 Å². The fourth-order valence-corrected chi connectivity index (χ4v) is 2.26. The van der Waals surface area contributed by atoms with E-state index in [9.17, 15) is 5.11 Å². The van der Waals surface area contributed by atoms with Gasteiger partial charge in [-0.15, -0.1) is 0 Å². The Bertz CT molecular complexity index is 150. The maximum absolute atomic E-state index is 9.22. The maximum Gasteiger partial charge on any atom is 0.0524 e. The zero-order valence-corrected chi connectivity index (χ0v) is 9.87. The highest BCUT2D eigenvalue weighted by atomic mass is 16.3. The largest absolute Gasteiger partial charge is 0.393 e. The van der Waals surface area contributed by atoms with Gasteiger partial charge in [0.2, 0.25) is 0 Å². The average molecular weight is 199 g/mol. The molecule has 0 heterocycles. The minimum atomic E-state index is -0.153. The average Bonchev–Trinajstić information content (AvgIpc) is 2.15. The normalized spacial score (nSPS) is 30.6. The molecule has 0 aromatic carbocycles. The van der Waals surface area contributed by atoms with E-state index in [0.717, 1.165) is 24.9 Å². The van der Waals surface area contributed by atoms with Crippen LogP contribution in [0, 0.1) is 5.92 Å². The van der Waals surface area contributed by atoms with Crippen molar-refractivity contribution in [1.82, 2.24) is 4.90 Å². The molecule has 0 aromatic rings. The molecule has 0 bridgehead atoms. The van der Waals surface area contributed by atoms with Gasteiger partial charge < -0.3 is 10.0 Å². The number of nitrogens with zero attached hydrogens (tertiary/aromatic N) is 1. The Balaban J connectivity index is 2.20. The SMILES string of the molecule is CC(O)CCN(C)C1CCC(C)CC1. The fraction of sp³-hybridized carbons (Fsp3) is 1.00. The molecule has 1 unspecified atom stereocenters. The summed E-state index contributed by atoms with van der Waals surface area (Å²) in [5, 5.41) is 9.22. The van der Waals surface area contributed by atoms with Crippen LogP contribution < -0.4 is 0 Å². The summed E-state index contributed by atoms with van der Waals surface area (Å²) < 4.78 is 0. The predicted molar refractivity (Wildman–Crippen MR) is 60.3 cm³/mol. The summed E-state index contributed by atoms with van der Waals surface area (Å²) in [5.74, 6) is 0.927. The third-order valence-corrected chi connectivity index (χ3v) is 3.51. The second kappa shape index (κ2) is 5.72. The van der Waals surface area contributed by atoms with E-state index in [4.69, 9.17) is 0 Å². The van der Waals surface area contributed by atoms with E-state index in [-0.39, 0.29) is 6.10 Å². The highest BCUT2D eigenvalue weighted by Crippen LogP contribution is 2.26. The molecule has 2 nitrogen and oxygen atoms in total. The van der Waals surface area contributed by atoms with Gasteiger partial charge in [0.15, 0.2) is 0 Å². The van der Waals surface area contributed by atoms with E-state index < -0.39 is 0 Å². The standard InChI is InChI=1S/C12H25NO/c1-10-4-6-12(7-5-10)13(3)9-8-11(2)14/h10-12,14H,4-9H2,1-3H3. The van der Waals surface area contributed by atoms with Gasteiger partial charge in [-0.3, -0.25) is 0 Å². The molecule has 0 aromatic heterocycles. The molecule has 84 valence electrons. The van der Waals surface area contributed by atoms with Crippen molar-refractivity contribution in [3.05, 3.63) is 0 Å². The molecule has 1 atom stereocenters. The van der Waals surface area contributed by atoms with E-state index in [0.29, 0.717) is 0 Å². The molecular formula is C12H25NO. The molecule has 1 N–H and O–H groups in total. The quantitative estimate of drug-likeness (QED) is 0.751. The number of hydrogen-bond acceptors (Lipinski definition) is 2. The molecule has 14 heavy (non-hydrogen) atoms. The first-order valence-electron chi connectivity index (χ1n) is 5.98.